The number of fused-ring (bicyclic) bond motifs is 5. The van der Waals surface area contributed by atoms with Gasteiger partial charge in [-0.1, -0.05) is 0 Å². The highest BCUT2D eigenvalue weighted by Gasteiger charge is 2.20. The van der Waals surface area contributed by atoms with Crippen LogP contribution in [0.5, 0.6) is 0 Å². The molecule has 6 aromatic rings. The van der Waals surface area contributed by atoms with Crippen molar-refractivity contribution in [2.45, 2.75) is 26.7 Å². The molecule has 0 amide bonds. The zero-order valence-electron chi connectivity index (χ0n) is 20.3. The molecule has 8 nitrogen and oxygen atoms in total. The van der Waals surface area contributed by atoms with Gasteiger partial charge in [-0.15, -0.1) is 22.7 Å². The first-order chi connectivity index (χ1) is 18.5. The monoisotopic (exact) mass is 580 g/mol. The van der Waals surface area contributed by atoms with E-state index in [1.807, 2.05) is 0 Å². The topological polar surface area (TPSA) is 104 Å². The largest absolute Gasteiger partial charge is 0.466 e. The van der Waals surface area contributed by atoms with E-state index in [1.54, 1.807) is 22.7 Å². The van der Waals surface area contributed by atoms with Crippen molar-refractivity contribution in [2.75, 3.05) is 13.2 Å². The summed E-state index contributed by atoms with van der Waals surface area (Å²) in [6.07, 6.45) is 1.32. The van der Waals surface area contributed by atoms with Crippen LogP contribution in [0.25, 0.3) is 53.7 Å². The van der Waals surface area contributed by atoms with E-state index >= 15 is 0 Å². The number of ether oxygens (including phenoxy) is 2. The van der Waals surface area contributed by atoms with Crippen LogP contribution in [0.2, 0.25) is 0 Å². The van der Waals surface area contributed by atoms with Crippen molar-refractivity contribution in [1.29, 1.82) is 0 Å². The Bertz CT molecular complexity index is 1680. The Morgan fingerprint density at radius 3 is 1.50 bits per heavy atom. The minimum Gasteiger partial charge on any atom is -0.466 e. The van der Waals surface area contributed by atoms with Crippen molar-refractivity contribution in [3.05, 3.63) is 46.2 Å². The van der Waals surface area contributed by atoms with Gasteiger partial charge < -0.3 is 9.47 Å². The van der Waals surface area contributed by atoms with Gasteiger partial charge in [0.1, 0.15) is 22.1 Å². The number of carbonyl (C=O) groups excluding carboxylic acids is 2. The van der Waals surface area contributed by atoms with Gasteiger partial charge in [0.15, 0.2) is 0 Å². The summed E-state index contributed by atoms with van der Waals surface area (Å²) < 4.78 is 28.9. The average Bonchev–Trinajstić information content (AvgIpc) is 3.69. The Kier molecular flexibility index (Phi) is 6.87. The molecule has 0 spiro atoms. The fourth-order valence-electron chi connectivity index (χ4n) is 4.35. The van der Waals surface area contributed by atoms with E-state index in [0.29, 0.717) is 26.1 Å². The number of hydrogen-bond donors (Lipinski definition) is 0. The van der Waals surface area contributed by atoms with Gasteiger partial charge in [0.25, 0.3) is 0 Å². The number of thiophene rings is 2. The molecule has 4 aromatic heterocycles. The maximum atomic E-state index is 11.1. The average molecular weight is 581 g/mol. The lowest BCUT2D eigenvalue weighted by atomic mass is 9.98. The van der Waals surface area contributed by atoms with Crippen LogP contribution in [0.15, 0.2) is 35.0 Å². The van der Waals surface area contributed by atoms with Gasteiger partial charge in [-0.05, 0) is 46.2 Å². The molecule has 12 heteroatoms. The molecule has 4 heterocycles. The third kappa shape index (κ3) is 4.80. The van der Waals surface area contributed by atoms with Crippen molar-refractivity contribution in [3.8, 4) is 20.9 Å². The standard InChI is InChI=1S/C26H20N4O4S4/c1-13(31)33-5-3-15-7-21(35-11-15)19-9-17-18(23-25(19)29-37-27-23)10-20(26-24(17)28-38-30-26)22-8-16(12-36-22)4-6-34-14(2)32/h7-12H,3-6H2,1-2H3. The fraction of sp³-hybridized carbons (Fsp3) is 0.231. The number of hydrogen-bond acceptors (Lipinski definition) is 12. The zero-order chi connectivity index (χ0) is 26.2. The maximum absolute atomic E-state index is 11.1. The van der Waals surface area contributed by atoms with Gasteiger partial charge in [-0.2, -0.15) is 17.5 Å². The second kappa shape index (κ2) is 10.4. The predicted molar refractivity (Wildman–Crippen MR) is 153 cm³/mol. The maximum Gasteiger partial charge on any atom is 0.302 e. The lowest BCUT2D eigenvalue weighted by Crippen LogP contribution is -2.02. The fourth-order valence-corrected chi connectivity index (χ4v) is 7.43. The zero-order valence-corrected chi connectivity index (χ0v) is 23.6. The van der Waals surface area contributed by atoms with Gasteiger partial charge in [0.2, 0.25) is 0 Å². The molecular formula is C26H20N4O4S4. The van der Waals surface area contributed by atoms with Crippen LogP contribution in [-0.2, 0) is 31.9 Å². The molecule has 0 saturated heterocycles. The SMILES string of the molecule is CC(=O)OCCc1csc(-c2cc3c(cc(-c4cc(CCOC(C)=O)cs4)c4nsnc43)c3nsnc23)c1. The van der Waals surface area contributed by atoms with E-state index in [1.165, 1.54) is 37.3 Å². The summed E-state index contributed by atoms with van der Waals surface area (Å²) in [6.45, 7) is 3.56. The van der Waals surface area contributed by atoms with Gasteiger partial charge in [0.05, 0.1) is 36.7 Å². The van der Waals surface area contributed by atoms with Crippen LogP contribution >= 0.6 is 46.1 Å². The number of aromatic nitrogens is 4. The first-order valence-electron chi connectivity index (χ1n) is 11.7. The van der Waals surface area contributed by atoms with E-state index in [0.717, 1.165) is 64.8 Å². The summed E-state index contributed by atoms with van der Waals surface area (Å²) >= 11 is 5.68. The molecule has 0 saturated carbocycles. The molecule has 2 aromatic carbocycles. The highest BCUT2D eigenvalue weighted by atomic mass is 32.1. The van der Waals surface area contributed by atoms with Gasteiger partial charge in [0, 0.05) is 58.3 Å². The van der Waals surface area contributed by atoms with Crippen LogP contribution in [0.1, 0.15) is 25.0 Å². The van der Waals surface area contributed by atoms with Crippen molar-refractivity contribution in [1.82, 2.24) is 17.5 Å². The molecular weight excluding hydrogens is 561 g/mol. The van der Waals surface area contributed by atoms with Gasteiger partial charge in [-0.3, -0.25) is 9.59 Å². The van der Waals surface area contributed by atoms with E-state index < -0.39 is 0 Å². The lowest BCUT2D eigenvalue weighted by Gasteiger charge is -2.08. The smallest absolute Gasteiger partial charge is 0.302 e. The third-order valence-electron chi connectivity index (χ3n) is 6.10. The molecule has 0 aliphatic heterocycles. The first kappa shape index (κ1) is 25.0. The van der Waals surface area contributed by atoms with E-state index in [2.05, 4.69) is 52.5 Å². The molecule has 0 aliphatic carbocycles. The minimum atomic E-state index is -0.272. The van der Waals surface area contributed by atoms with Crippen LogP contribution in [0, 0.1) is 0 Å². The number of benzene rings is 2. The normalized spacial score (nSPS) is 11.5. The summed E-state index contributed by atoms with van der Waals surface area (Å²) in [4.78, 5) is 24.4. The van der Waals surface area contributed by atoms with Crippen LogP contribution in [-0.4, -0.2) is 42.6 Å². The number of rotatable bonds is 8. The number of nitrogens with zero attached hydrogens (tertiary/aromatic N) is 4. The van der Waals surface area contributed by atoms with Crippen molar-refractivity contribution in [3.63, 3.8) is 0 Å². The Labute approximate surface area is 233 Å². The quantitative estimate of drug-likeness (QED) is 0.188. The van der Waals surface area contributed by atoms with E-state index in [-0.39, 0.29) is 11.9 Å². The Hall–Kier alpha value is -3.32. The highest BCUT2D eigenvalue weighted by molar-refractivity contribution is 7.14. The van der Waals surface area contributed by atoms with E-state index in [4.69, 9.17) is 9.47 Å². The summed E-state index contributed by atoms with van der Waals surface area (Å²) in [7, 11) is 0. The van der Waals surface area contributed by atoms with Crippen molar-refractivity contribution in [2.24, 2.45) is 0 Å². The summed E-state index contributed by atoms with van der Waals surface area (Å²) in [5.74, 6) is -0.544. The Morgan fingerprint density at radius 2 is 1.08 bits per heavy atom. The molecule has 0 unspecified atom stereocenters. The molecule has 0 N–H and O–H groups in total. The summed E-state index contributed by atoms with van der Waals surface area (Å²) in [5.41, 5.74) is 7.66. The van der Waals surface area contributed by atoms with Crippen molar-refractivity contribution >= 4 is 90.9 Å². The molecule has 0 atom stereocenters. The summed E-state index contributed by atoms with van der Waals surface area (Å²) in [5, 5.41) is 6.17. The first-order valence-corrected chi connectivity index (χ1v) is 15.0. The Morgan fingerprint density at radius 1 is 0.658 bits per heavy atom. The van der Waals surface area contributed by atoms with Crippen molar-refractivity contribution < 1.29 is 19.1 Å². The van der Waals surface area contributed by atoms with Gasteiger partial charge >= 0.3 is 11.9 Å². The lowest BCUT2D eigenvalue weighted by molar-refractivity contribution is -0.141. The Balaban J connectivity index is 1.42. The van der Waals surface area contributed by atoms with Gasteiger partial charge in [-0.25, -0.2) is 0 Å². The second-order valence-electron chi connectivity index (χ2n) is 8.68. The van der Waals surface area contributed by atoms with Crippen LogP contribution in [0.3, 0.4) is 0 Å². The van der Waals surface area contributed by atoms with Crippen LogP contribution < -0.4 is 0 Å². The predicted octanol–water partition coefficient (Wildman–Crippen LogP) is 6.52. The number of esters is 2. The highest BCUT2D eigenvalue weighted by Crippen LogP contribution is 2.42. The third-order valence-corrected chi connectivity index (χ3v) is 9.18. The molecule has 192 valence electrons. The molecule has 0 bridgehead atoms. The molecule has 38 heavy (non-hydrogen) atoms. The second-order valence-corrected chi connectivity index (χ2v) is 11.6. The molecule has 0 radical (unpaired) electrons. The number of carbonyl (C=O) groups is 2. The molecule has 6 rings (SSSR count). The molecule has 0 aliphatic rings. The molecule has 0 fully saturated rings. The minimum absolute atomic E-state index is 0.272. The van der Waals surface area contributed by atoms with Crippen LogP contribution in [0.4, 0.5) is 0 Å². The van der Waals surface area contributed by atoms with E-state index in [9.17, 15) is 9.59 Å². The summed E-state index contributed by atoms with van der Waals surface area (Å²) in [6, 6.07) is 8.55.